The molecule has 0 aliphatic heterocycles. The van der Waals surface area contributed by atoms with Crippen LogP contribution in [0.15, 0.2) is 12.1 Å². The number of hydrogen-bond donors (Lipinski definition) is 2. The number of rotatable bonds is 4. The second kappa shape index (κ2) is 4.24. The molecule has 2 N–H and O–H groups in total. The smallest absolute Gasteiger partial charge is 0.179 e. The first-order valence-electron chi connectivity index (χ1n) is 6.33. The standard InChI is InChI=1S/C13H18N4O/c1-14-10-5-4-9-12(16-10)17-11(15-9)8-13(18-2)6-3-7-13/h4-5H,3,6-8H2,1-2H3,(H2,14,15,16,17). The van der Waals surface area contributed by atoms with E-state index in [9.17, 15) is 0 Å². The topological polar surface area (TPSA) is 62.8 Å². The van der Waals surface area contributed by atoms with Crippen LogP contribution in [0.25, 0.3) is 11.2 Å². The summed E-state index contributed by atoms with van der Waals surface area (Å²) in [6.45, 7) is 0. The van der Waals surface area contributed by atoms with Crippen LogP contribution in [-0.2, 0) is 11.2 Å². The maximum atomic E-state index is 5.63. The molecule has 5 heteroatoms. The molecular formula is C13H18N4O. The number of hydrogen-bond acceptors (Lipinski definition) is 4. The van der Waals surface area contributed by atoms with Gasteiger partial charge in [0.2, 0.25) is 0 Å². The molecule has 1 fully saturated rings. The average Bonchev–Trinajstić information content (AvgIpc) is 2.74. The number of fused-ring (bicyclic) bond motifs is 1. The van der Waals surface area contributed by atoms with Gasteiger partial charge >= 0.3 is 0 Å². The van der Waals surface area contributed by atoms with E-state index < -0.39 is 0 Å². The number of methoxy groups -OCH3 is 1. The van der Waals surface area contributed by atoms with Gasteiger partial charge in [-0.2, -0.15) is 0 Å². The van der Waals surface area contributed by atoms with Crippen molar-refractivity contribution in [1.82, 2.24) is 15.0 Å². The summed E-state index contributed by atoms with van der Waals surface area (Å²) in [5.74, 6) is 1.80. The van der Waals surface area contributed by atoms with Gasteiger partial charge in [-0.05, 0) is 31.4 Å². The van der Waals surface area contributed by atoms with E-state index >= 15 is 0 Å². The molecule has 0 amide bonds. The number of anilines is 1. The molecule has 3 rings (SSSR count). The van der Waals surface area contributed by atoms with E-state index in [1.165, 1.54) is 6.42 Å². The molecule has 0 unspecified atom stereocenters. The molecule has 2 aromatic rings. The fraction of sp³-hybridized carbons (Fsp3) is 0.538. The van der Waals surface area contributed by atoms with Crippen LogP contribution in [0.4, 0.5) is 5.82 Å². The fourth-order valence-electron chi connectivity index (χ4n) is 2.49. The molecule has 0 aromatic carbocycles. The number of aromatic amines is 1. The molecule has 2 aromatic heterocycles. The zero-order chi connectivity index (χ0) is 12.6. The van der Waals surface area contributed by atoms with Crippen molar-refractivity contribution in [2.45, 2.75) is 31.3 Å². The fourth-order valence-corrected chi connectivity index (χ4v) is 2.49. The molecular weight excluding hydrogens is 228 g/mol. The summed E-state index contributed by atoms with van der Waals surface area (Å²) >= 11 is 0. The minimum Gasteiger partial charge on any atom is -0.378 e. The van der Waals surface area contributed by atoms with E-state index in [1.807, 2.05) is 19.2 Å². The Hall–Kier alpha value is -1.62. The Morgan fingerprint density at radius 1 is 1.39 bits per heavy atom. The molecule has 0 radical (unpaired) electrons. The van der Waals surface area contributed by atoms with E-state index in [-0.39, 0.29) is 5.60 Å². The van der Waals surface area contributed by atoms with Gasteiger partial charge in [-0.3, -0.25) is 0 Å². The molecule has 0 saturated heterocycles. The molecule has 96 valence electrons. The third-order valence-corrected chi connectivity index (χ3v) is 3.84. The van der Waals surface area contributed by atoms with E-state index in [0.29, 0.717) is 0 Å². The Balaban J connectivity index is 1.88. The lowest BCUT2D eigenvalue weighted by atomic mass is 9.77. The first-order chi connectivity index (χ1) is 8.74. The Kier molecular flexibility index (Phi) is 2.70. The van der Waals surface area contributed by atoms with Gasteiger partial charge in [-0.25, -0.2) is 9.97 Å². The Labute approximate surface area is 106 Å². The summed E-state index contributed by atoms with van der Waals surface area (Å²) in [6, 6.07) is 3.95. The molecule has 2 heterocycles. The predicted octanol–water partition coefficient (Wildman–Crippen LogP) is 2.11. The number of nitrogens with one attached hydrogen (secondary N) is 2. The quantitative estimate of drug-likeness (QED) is 0.867. The first-order valence-corrected chi connectivity index (χ1v) is 6.33. The third-order valence-electron chi connectivity index (χ3n) is 3.84. The highest BCUT2D eigenvalue weighted by molar-refractivity contribution is 5.72. The monoisotopic (exact) mass is 246 g/mol. The molecule has 5 nitrogen and oxygen atoms in total. The summed E-state index contributed by atoms with van der Waals surface area (Å²) in [4.78, 5) is 12.3. The lowest BCUT2D eigenvalue weighted by molar-refractivity contribution is -0.0719. The van der Waals surface area contributed by atoms with Crippen LogP contribution in [0.2, 0.25) is 0 Å². The molecule has 0 atom stereocenters. The lowest BCUT2D eigenvalue weighted by Crippen LogP contribution is -2.41. The van der Waals surface area contributed by atoms with Crippen LogP contribution >= 0.6 is 0 Å². The van der Waals surface area contributed by atoms with Gasteiger partial charge in [0.1, 0.15) is 11.6 Å². The minimum atomic E-state index is -0.000285. The summed E-state index contributed by atoms with van der Waals surface area (Å²) in [5, 5.41) is 3.02. The predicted molar refractivity (Wildman–Crippen MR) is 70.7 cm³/mol. The van der Waals surface area contributed by atoms with Crippen molar-refractivity contribution in [3.8, 4) is 0 Å². The largest absolute Gasteiger partial charge is 0.378 e. The average molecular weight is 246 g/mol. The van der Waals surface area contributed by atoms with Gasteiger partial charge in [0.05, 0.1) is 11.1 Å². The van der Waals surface area contributed by atoms with Gasteiger partial charge in [0.25, 0.3) is 0 Å². The minimum absolute atomic E-state index is 0.000285. The van der Waals surface area contributed by atoms with Gasteiger partial charge in [-0.1, -0.05) is 0 Å². The molecule has 1 saturated carbocycles. The lowest BCUT2D eigenvalue weighted by Gasteiger charge is -2.39. The maximum Gasteiger partial charge on any atom is 0.179 e. The van der Waals surface area contributed by atoms with Crippen LogP contribution in [0.1, 0.15) is 25.1 Å². The van der Waals surface area contributed by atoms with Crippen LogP contribution in [-0.4, -0.2) is 34.7 Å². The highest BCUT2D eigenvalue weighted by atomic mass is 16.5. The summed E-state index contributed by atoms with van der Waals surface area (Å²) in [6.07, 6.45) is 4.33. The maximum absolute atomic E-state index is 5.63. The van der Waals surface area contributed by atoms with Crippen molar-refractivity contribution >= 4 is 17.0 Å². The van der Waals surface area contributed by atoms with Crippen molar-refractivity contribution < 1.29 is 4.74 Å². The van der Waals surface area contributed by atoms with Crippen molar-refractivity contribution in [1.29, 1.82) is 0 Å². The van der Waals surface area contributed by atoms with Gasteiger partial charge in [-0.15, -0.1) is 0 Å². The van der Waals surface area contributed by atoms with Crippen LogP contribution < -0.4 is 5.32 Å². The highest BCUT2D eigenvalue weighted by Crippen LogP contribution is 2.37. The van der Waals surface area contributed by atoms with Crippen molar-refractivity contribution in [3.05, 3.63) is 18.0 Å². The molecule has 1 aliphatic carbocycles. The number of H-pyrrole nitrogens is 1. The van der Waals surface area contributed by atoms with Gasteiger partial charge in [0.15, 0.2) is 5.65 Å². The van der Waals surface area contributed by atoms with Crippen LogP contribution in [0, 0.1) is 0 Å². The van der Waals surface area contributed by atoms with E-state index in [1.54, 1.807) is 7.11 Å². The first kappa shape index (κ1) is 11.5. The number of imidazole rings is 1. The molecule has 18 heavy (non-hydrogen) atoms. The molecule has 1 aliphatic rings. The Morgan fingerprint density at radius 3 is 2.83 bits per heavy atom. The number of nitrogens with zero attached hydrogens (tertiary/aromatic N) is 2. The zero-order valence-corrected chi connectivity index (χ0v) is 10.8. The van der Waals surface area contributed by atoms with Crippen molar-refractivity contribution in [2.24, 2.45) is 0 Å². The van der Waals surface area contributed by atoms with Crippen LogP contribution in [0.5, 0.6) is 0 Å². The molecule has 0 bridgehead atoms. The van der Waals surface area contributed by atoms with E-state index in [2.05, 4.69) is 20.3 Å². The van der Waals surface area contributed by atoms with Gasteiger partial charge < -0.3 is 15.0 Å². The number of aromatic nitrogens is 3. The highest BCUT2D eigenvalue weighted by Gasteiger charge is 2.37. The van der Waals surface area contributed by atoms with Crippen LogP contribution in [0.3, 0.4) is 0 Å². The number of ether oxygens (including phenoxy) is 1. The van der Waals surface area contributed by atoms with E-state index in [0.717, 1.165) is 42.1 Å². The summed E-state index contributed by atoms with van der Waals surface area (Å²) < 4.78 is 5.63. The second-order valence-electron chi connectivity index (χ2n) is 4.92. The normalized spacial score (nSPS) is 17.7. The number of pyridine rings is 1. The van der Waals surface area contributed by atoms with Crippen molar-refractivity contribution in [3.63, 3.8) is 0 Å². The molecule has 0 spiro atoms. The Bertz CT molecular complexity index is 554. The summed E-state index contributed by atoms with van der Waals surface area (Å²) in [7, 11) is 3.65. The third kappa shape index (κ3) is 1.84. The van der Waals surface area contributed by atoms with E-state index in [4.69, 9.17) is 4.74 Å². The van der Waals surface area contributed by atoms with Crippen molar-refractivity contribution in [2.75, 3.05) is 19.5 Å². The van der Waals surface area contributed by atoms with Gasteiger partial charge in [0, 0.05) is 20.6 Å². The Morgan fingerprint density at radius 2 is 2.22 bits per heavy atom. The SMILES string of the molecule is CNc1ccc2[nH]c(CC3(OC)CCC3)nc2n1. The zero-order valence-electron chi connectivity index (χ0n) is 10.8. The second-order valence-corrected chi connectivity index (χ2v) is 4.92. The summed E-state index contributed by atoms with van der Waals surface area (Å²) in [5.41, 5.74) is 1.75.